The van der Waals surface area contributed by atoms with Crippen LogP contribution in [0.4, 0.5) is 18.3 Å². The molecule has 0 N–H and O–H groups in total. The average Bonchev–Trinajstić information content (AvgIpc) is 2.81. The molecule has 0 aliphatic carbocycles. The van der Waals surface area contributed by atoms with Crippen molar-refractivity contribution < 1.29 is 18.0 Å². The zero-order valence-corrected chi connectivity index (χ0v) is 11.4. The number of carbonyl (C=O) groups excluding carboxylic acids is 1. The van der Waals surface area contributed by atoms with Crippen molar-refractivity contribution in [2.24, 2.45) is 5.92 Å². The van der Waals surface area contributed by atoms with Crippen LogP contribution in [0.1, 0.15) is 35.1 Å². The third-order valence-corrected chi connectivity index (χ3v) is 4.40. The highest BCUT2D eigenvalue weighted by Crippen LogP contribution is 2.36. The molecule has 1 saturated heterocycles. The first-order valence-electron chi connectivity index (χ1n) is 6.22. The van der Waals surface area contributed by atoms with Gasteiger partial charge in [-0.1, -0.05) is 18.3 Å². The summed E-state index contributed by atoms with van der Waals surface area (Å²) in [5, 5.41) is 0.535. The van der Waals surface area contributed by atoms with Crippen LogP contribution in [-0.4, -0.2) is 30.5 Å². The molecule has 0 aromatic carbocycles. The van der Waals surface area contributed by atoms with Crippen molar-refractivity contribution >= 4 is 22.8 Å². The number of alkyl halides is 3. The van der Waals surface area contributed by atoms with Crippen LogP contribution in [0, 0.1) is 5.92 Å². The highest BCUT2D eigenvalue weighted by Gasteiger charge is 2.42. The van der Waals surface area contributed by atoms with Crippen molar-refractivity contribution in [3.8, 4) is 0 Å². The lowest BCUT2D eigenvalue weighted by molar-refractivity contribution is -0.175. The Labute approximate surface area is 113 Å². The number of hydrogen-bond donors (Lipinski definition) is 0. The Bertz CT molecular complexity index is 458. The largest absolute Gasteiger partial charge is 0.393 e. The molecule has 1 fully saturated rings. The van der Waals surface area contributed by atoms with Gasteiger partial charge in [-0.15, -0.1) is 0 Å². The van der Waals surface area contributed by atoms with Gasteiger partial charge >= 0.3 is 6.18 Å². The number of aldehydes is 1. The zero-order chi connectivity index (χ0) is 14.0. The Hall–Kier alpha value is -1.11. The first-order chi connectivity index (χ1) is 8.95. The summed E-state index contributed by atoms with van der Waals surface area (Å²) >= 11 is 1.18. The SMILES string of the molecule is CCc1nc(N2CCCC(C(F)(F)F)C2)sc1C=O. The minimum absolute atomic E-state index is 0.0571. The highest BCUT2D eigenvalue weighted by atomic mass is 32.1. The van der Waals surface area contributed by atoms with Gasteiger partial charge in [0.1, 0.15) is 0 Å². The molecule has 1 atom stereocenters. The first kappa shape index (κ1) is 14.3. The van der Waals surface area contributed by atoms with E-state index in [0.717, 1.165) is 6.29 Å². The third kappa shape index (κ3) is 3.08. The van der Waals surface area contributed by atoms with E-state index in [9.17, 15) is 18.0 Å². The van der Waals surface area contributed by atoms with Crippen LogP contribution in [-0.2, 0) is 6.42 Å². The minimum atomic E-state index is -4.16. The predicted octanol–water partition coefficient (Wildman–Crippen LogP) is 3.30. The van der Waals surface area contributed by atoms with E-state index in [4.69, 9.17) is 0 Å². The molecule has 2 heterocycles. The van der Waals surface area contributed by atoms with Gasteiger partial charge in [0.15, 0.2) is 11.4 Å². The maximum Gasteiger partial charge on any atom is 0.393 e. The van der Waals surface area contributed by atoms with Crippen molar-refractivity contribution in [1.29, 1.82) is 0 Å². The van der Waals surface area contributed by atoms with Crippen LogP contribution < -0.4 is 4.90 Å². The molecule has 106 valence electrons. The van der Waals surface area contributed by atoms with Crippen molar-refractivity contribution in [3.63, 3.8) is 0 Å². The van der Waals surface area contributed by atoms with E-state index in [1.54, 1.807) is 4.90 Å². The van der Waals surface area contributed by atoms with E-state index in [1.807, 2.05) is 6.92 Å². The minimum Gasteiger partial charge on any atom is -0.347 e. The number of carbonyl (C=O) groups is 1. The van der Waals surface area contributed by atoms with E-state index in [-0.39, 0.29) is 13.0 Å². The van der Waals surface area contributed by atoms with Gasteiger partial charge in [0, 0.05) is 13.1 Å². The van der Waals surface area contributed by atoms with E-state index in [1.165, 1.54) is 11.3 Å². The van der Waals surface area contributed by atoms with Crippen LogP contribution in [0.3, 0.4) is 0 Å². The third-order valence-electron chi connectivity index (χ3n) is 3.31. The van der Waals surface area contributed by atoms with Crippen LogP contribution >= 0.6 is 11.3 Å². The summed E-state index contributed by atoms with van der Waals surface area (Å²) in [7, 11) is 0. The molecule has 1 unspecified atom stereocenters. The molecular formula is C12H15F3N2OS. The summed E-state index contributed by atoms with van der Waals surface area (Å²) in [5.41, 5.74) is 0.670. The summed E-state index contributed by atoms with van der Waals surface area (Å²) in [6, 6.07) is 0. The molecule has 0 spiro atoms. The number of aryl methyl sites for hydroxylation is 1. The van der Waals surface area contributed by atoms with Gasteiger partial charge in [-0.05, 0) is 19.3 Å². The van der Waals surface area contributed by atoms with Crippen molar-refractivity contribution in [3.05, 3.63) is 10.6 Å². The van der Waals surface area contributed by atoms with E-state index >= 15 is 0 Å². The molecule has 7 heteroatoms. The maximum absolute atomic E-state index is 12.7. The summed E-state index contributed by atoms with van der Waals surface area (Å²) in [4.78, 5) is 17.3. The summed E-state index contributed by atoms with van der Waals surface area (Å²) in [6.45, 7) is 2.39. The lowest BCUT2D eigenvalue weighted by Crippen LogP contribution is -2.41. The lowest BCUT2D eigenvalue weighted by atomic mass is 9.98. The van der Waals surface area contributed by atoms with E-state index < -0.39 is 12.1 Å². The predicted molar refractivity (Wildman–Crippen MR) is 67.9 cm³/mol. The molecule has 0 bridgehead atoms. The first-order valence-corrected chi connectivity index (χ1v) is 7.04. The molecule has 3 nitrogen and oxygen atoms in total. The van der Waals surface area contributed by atoms with Gasteiger partial charge in [-0.25, -0.2) is 4.98 Å². The Morgan fingerprint density at radius 3 is 2.79 bits per heavy atom. The van der Waals surface area contributed by atoms with E-state index in [0.29, 0.717) is 35.1 Å². The fourth-order valence-electron chi connectivity index (χ4n) is 2.25. The van der Waals surface area contributed by atoms with Crippen LogP contribution in [0.2, 0.25) is 0 Å². The van der Waals surface area contributed by atoms with Gasteiger partial charge < -0.3 is 4.90 Å². The molecule has 0 amide bonds. The zero-order valence-electron chi connectivity index (χ0n) is 10.5. The van der Waals surface area contributed by atoms with E-state index in [2.05, 4.69) is 4.98 Å². The molecule has 1 aromatic heterocycles. The number of anilines is 1. The smallest absolute Gasteiger partial charge is 0.347 e. The fourth-order valence-corrected chi connectivity index (χ4v) is 3.25. The molecular weight excluding hydrogens is 277 g/mol. The summed E-state index contributed by atoms with van der Waals surface area (Å²) < 4.78 is 38.2. The van der Waals surface area contributed by atoms with Crippen molar-refractivity contribution in [2.75, 3.05) is 18.0 Å². The summed E-state index contributed by atoms with van der Waals surface area (Å²) in [5.74, 6) is -1.30. The Morgan fingerprint density at radius 2 is 2.26 bits per heavy atom. The molecule has 0 saturated carbocycles. The van der Waals surface area contributed by atoms with Crippen LogP contribution in [0.15, 0.2) is 0 Å². The number of thiazole rings is 1. The molecule has 0 radical (unpaired) electrons. The quantitative estimate of drug-likeness (QED) is 0.801. The van der Waals surface area contributed by atoms with Gasteiger partial charge in [-0.3, -0.25) is 4.79 Å². The van der Waals surface area contributed by atoms with Gasteiger partial charge in [0.05, 0.1) is 16.5 Å². The number of halogens is 3. The van der Waals surface area contributed by atoms with Crippen molar-refractivity contribution in [1.82, 2.24) is 4.98 Å². The van der Waals surface area contributed by atoms with Crippen LogP contribution in [0.25, 0.3) is 0 Å². The fraction of sp³-hybridized carbons (Fsp3) is 0.667. The number of aromatic nitrogens is 1. The van der Waals surface area contributed by atoms with Gasteiger partial charge in [0.2, 0.25) is 0 Å². The second kappa shape index (κ2) is 5.48. The van der Waals surface area contributed by atoms with Crippen LogP contribution in [0.5, 0.6) is 0 Å². The number of nitrogens with zero attached hydrogens (tertiary/aromatic N) is 2. The Balaban J connectivity index is 2.17. The molecule has 1 aliphatic heterocycles. The molecule has 2 rings (SSSR count). The average molecular weight is 292 g/mol. The highest BCUT2D eigenvalue weighted by molar-refractivity contribution is 7.17. The topological polar surface area (TPSA) is 33.2 Å². The summed E-state index contributed by atoms with van der Waals surface area (Å²) in [6.07, 6.45) is -2.14. The number of hydrogen-bond acceptors (Lipinski definition) is 4. The molecule has 1 aromatic rings. The Kier molecular flexibility index (Phi) is 4.13. The van der Waals surface area contributed by atoms with Gasteiger partial charge in [0.25, 0.3) is 0 Å². The lowest BCUT2D eigenvalue weighted by Gasteiger charge is -2.33. The molecule has 19 heavy (non-hydrogen) atoms. The monoisotopic (exact) mass is 292 g/mol. The van der Waals surface area contributed by atoms with Gasteiger partial charge in [-0.2, -0.15) is 13.2 Å². The standard InChI is InChI=1S/C12H15F3N2OS/c1-2-9-10(7-18)19-11(16-9)17-5-3-4-8(6-17)12(13,14)15/h7-8H,2-6H2,1H3. The van der Waals surface area contributed by atoms with Crippen molar-refractivity contribution in [2.45, 2.75) is 32.4 Å². The maximum atomic E-state index is 12.7. The number of rotatable bonds is 3. The second-order valence-corrected chi connectivity index (χ2v) is 5.61. The second-order valence-electron chi connectivity index (χ2n) is 4.61. The Morgan fingerprint density at radius 1 is 1.53 bits per heavy atom. The normalized spacial score (nSPS) is 20.6. The molecule has 1 aliphatic rings. The number of piperidine rings is 1.